The number of hydrogen-bond acceptors (Lipinski definition) is 8. The Kier molecular flexibility index (Phi) is 10.2. The largest absolute Gasteiger partial charge is 0.495 e. The first-order valence-electron chi connectivity index (χ1n) is 12.6. The monoisotopic (exact) mass is 600 g/mol. The molecule has 0 aliphatic carbocycles. The summed E-state index contributed by atoms with van der Waals surface area (Å²) >= 11 is 6.24. The molecule has 41 heavy (non-hydrogen) atoms. The molecule has 13 heteroatoms. The number of sulfonamides is 1. The number of morpholine rings is 1. The lowest BCUT2D eigenvalue weighted by Gasteiger charge is -2.26. The summed E-state index contributed by atoms with van der Waals surface area (Å²) in [5, 5.41) is 4.14. The van der Waals surface area contributed by atoms with E-state index in [1.807, 2.05) is 0 Å². The van der Waals surface area contributed by atoms with E-state index in [0.29, 0.717) is 43.4 Å². The summed E-state index contributed by atoms with van der Waals surface area (Å²) in [7, 11) is -2.67. The van der Waals surface area contributed by atoms with Gasteiger partial charge in [-0.15, -0.1) is 0 Å². The van der Waals surface area contributed by atoms with Gasteiger partial charge >= 0.3 is 0 Å². The Bertz CT molecular complexity index is 1480. The van der Waals surface area contributed by atoms with E-state index >= 15 is 0 Å². The number of ether oxygens (including phenoxy) is 3. The first kappa shape index (κ1) is 29.8. The average Bonchev–Trinajstić information content (AvgIpc) is 3.00. The van der Waals surface area contributed by atoms with Crippen LogP contribution < -0.4 is 19.2 Å². The molecular weight excluding hydrogens is 572 g/mol. The molecular formula is C28H29ClN4O7S. The molecule has 11 nitrogen and oxygen atoms in total. The zero-order valence-electron chi connectivity index (χ0n) is 22.2. The second kappa shape index (κ2) is 14.0. The molecule has 1 N–H and O–H groups in total. The van der Waals surface area contributed by atoms with Crippen LogP contribution in [-0.2, 0) is 24.3 Å². The molecule has 0 saturated carbocycles. The van der Waals surface area contributed by atoms with E-state index in [1.165, 1.54) is 43.7 Å². The van der Waals surface area contributed by atoms with Crippen LogP contribution in [0, 0.1) is 0 Å². The summed E-state index contributed by atoms with van der Waals surface area (Å²) in [5.74, 6) is 0.0884. The quantitative estimate of drug-likeness (QED) is 0.265. The molecule has 216 valence electrons. The van der Waals surface area contributed by atoms with Crippen LogP contribution in [0.25, 0.3) is 0 Å². The fourth-order valence-corrected chi connectivity index (χ4v) is 5.57. The maximum Gasteiger partial charge on any atom is 0.264 e. The van der Waals surface area contributed by atoms with E-state index in [9.17, 15) is 18.0 Å². The van der Waals surface area contributed by atoms with Crippen molar-refractivity contribution >= 4 is 45.3 Å². The summed E-state index contributed by atoms with van der Waals surface area (Å²) in [6.07, 6.45) is 1.40. The molecule has 1 aliphatic rings. The van der Waals surface area contributed by atoms with Crippen LogP contribution in [0.4, 0.5) is 5.69 Å². The summed E-state index contributed by atoms with van der Waals surface area (Å²) in [4.78, 5) is 26.7. The minimum Gasteiger partial charge on any atom is -0.495 e. The summed E-state index contributed by atoms with van der Waals surface area (Å²) in [5.41, 5.74) is 3.19. The van der Waals surface area contributed by atoms with Crippen LogP contribution in [0.3, 0.4) is 0 Å². The predicted molar refractivity (Wildman–Crippen MR) is 154 cm³/mol. The number of hydrogen-bond donors (Lipinski definition) is 1. The summed E-state index contributed by atoms with van der Waals surface area (Å²) < 4.78 is 43.8. The molecule has 2 amide bonds. The van der Waals surface area contributed by atoms with Crippen molar-refractivity contribution in [3.8, 4) is 11.5 Å². The number of amides is 2. The van der Waals surface area contributed by atoms with Crippen molar-refractivity contribution in [3.05, 3.63) is 83.4 Å². The van der Waals surface area contributed by atoms with Gasteiger partial charge < -0.3 is 19.1 Å². The molecule has 3 aromatic rings. The molecule has 3 aromatic carbocycles. The minimum atomic E-state index is -4.11. The third-order valence-electron chi connectivity index (χ3n) is 6.05. The van der Waals surface area contributed by atoms with Crippen LogP contribution in [-0.4, -0.2) is 77.9 Å². The van der Waals surface area contributed by atoms with Gasteiger partial charge in [0.1, 0.15) is 18.0 Å². The third kappa shape index (κ3) is 7.97. The number of methoxy groups -OCH3 is 1. The number of carbonyl (C=O) groups excluding carboxylic acids is 2. The lowest BCUT2D eigenvalue weighted by atomic mass is 10.2. The van der Waals surface area contributed by atoms with Gasteiger partial charge in [-0.1, -0.05) is 29.8 Å². The van der Waals surface area contributed by atoms with Crippen molar-refractivity contribution in [3.63, 3.8) is 0 Å². The third-order valence-corrected chi connectivity index (χ3v) is 8.13. The van der Waals surface area contributed by atoms with Gasteiger partial charge in [0.15, 0.2) is 6.61 Å². The zero-order chi connectivity index (χ0) is 29.2. The van der Waals surface area contributed by atoms with Crippen LogP contribution in [0.2, 0.25) is 5.02 Å². The Balaban J connectivity index is 1.38. The van der Waals surface area contributed by atoms with E-state index in [-0.39, 0.29) is 28.1 Å². The Hall–Kier alpha value is -4.13. The Labute approximate surface area is 243 Å². The molecule has 0 atom stereocenters. The van der Waals surface area contributed by atoms with Gasteiger partial charge in [0.05, 0.1) is 42.1 Å². The number of nitrogens with zero attached hydrogens (tertiary/aromatic N) is 3. The molecule has 0 spiro atoms. The van der Waals surface area contributed by atoms with Crippen molar-refractivity contribution in [1.29, 1.82) is 0 Å². The fraction of sp³-hybridized carbons (Fsp3) is 0.250. The van der Waals surface area contributed by atoms with Crippen LogP contribution >= 0.6 is 11.6 Å². The SMILES string of the molecule is COc1ccc(N(CC(=O)N/N=C\c2ccc(OCC(=O)N3CCOCC3)cc2)S(=O)(=O)c2ccccc2)cc1Cl. The number of anilines is 1. The highest BCUT2D eigenvalue weighted by molar-refractivity contribution is 7.92. The molecule has 1 aliphatic heterocycles. The number of benzene rings is 3. The van der Waals surface area contributed by atoms with Crippen molar-refractivity contribution in [1.82, 2.24) is 10.3 Å². The second-order valence-electron chi connectivity index (χ2n) is 8.79. The van der Waals surface area contributed by atoms with Gasteiger partial charge in [-0.3, -0.25) is 13.9 Å². The van der Waals surface area contributed by atoms with Crippen molar-refractivity contribution in [2.24, 2.45) is 5.10 Å². The average molecular weight is 601 g/mol. The van der Waals surface area contributed by atoms with Crippen molar-refractivity contribution in [2.45, 2.75) is 4.90 Å². The van der Waals surface area contributed by atoms with Crippen LogP contribution in [0.5, 0.6) is 11.5 Å². The molecule has 4 rings (SSSR count). The Morgan fingerprint density at radius 1 is 1.07 bits per heavy atom. The highest BCUT2D eigenvalue weighted by Crippen LogP contribution is 2.31. The Morgan fingerprint density at radius 3 is 2.44 bits per heavy atom. The maximum absolute atomic E-state index is 13.4. The smallest absolute Gasteiger partial charge is 0.264 e. The fourth-order valence-electron chi connectivity index (χ4n) is 3.89. The van der Waals surface area contributed by atoms with Crippen molar-refractivity contribution in [2.75, 3.05) is 50.9 Å². The molecule has 0 radical (unpaired) electrons. The number of hydrazone groups is 1. The van der Waals surface area contributed by atoms with E-state index in [2.05, 4.69) is 10.5 Å². The first-order chi connectivity index (χ1) is 19.8. The number of nitrogens with one attached hydrogen (secondary N) is 1. The highest BCUT2D eigenvalue weighted by atomic mass is 35.5. The normalized spacial score (nSPS) is 13.6. The second-order valence-corrected chi connectivity index (χ2v) is 11.1. The van der Waals surface area contributed by atoms with Gasteiger partial charge in [0, 0.05) is 13.1 Å². The van der Waals surface area contributed by atoms with E-state index < -0.39 is 22.5 Å². The molecule has 0 bridgehead atoms. The topological polar surface area (TPSA) is 127 Å². The summed E-state index contributed by atoms with van der Waals surface area (Å²) in [6.45, 7) is 1.51. The molecule has 1 fully saturated rings. The van der Waals surface area contributed by atoms with E-state index in [0.717, 1.165) is 4.31 Å². The van der Waals surface area contributed by atoms with Gasteiger partial charge in [-0.2, -0.15) is 5.10 Å². The minimum absolute atomic E-state index is 0.0113. The predicted octanol–water partition coefficient (Wildman–Crippen LogP) is 2.93. The Morgan fingerprint density at radius 2 is 1.78 bits per heavy atom. The molecule has 0 aromatic heterocycles. The van der Waals surface area contributed by atoms with E-state index in [4.69, 9.17) is 25.8 Å². The lowest BCUT2D eigenvalue weighted by molar-refractivity contribution is -0.137. The van der Waals surface area contributed by atoms with Crippen LogP contribution in [0.1, 0.15) is 5.56 Å². The van der Waals surface area contributed by atoms with Gasteiger partial charge in [-0.05, 0) is 60.2 Å². The lowest BCUT2D eigenvalue weighted by Crippen LogP contribution is -2.42. The molecule has 1 heterocycles. The van der Waals surface area contributed by atoms with Gasteiger partial charge in [0.2, 0.25) is 0 Å². The number of rotatable bonds is 11. The van der Waals surface area contributed by atoms with Gasteiger partial charge in [0.25, 0.3) is 21.8 Å². The number of carbonyl (C=O) groups is 2. The highest BCUT2D eigenvalue weighted by Gasteiger charge is 2.27. The standard InChI is InChI=1S/C28H29ClN4O7S/c1-38-26-12-9-22(17-25(26)29)33(41(36,37)24-5-3-2-4-6-24)19-27(34)31-30-18-21-7-10-23(11-8-21)40-20-28(35)32-13-15-39-16-14-32/h2-12,17-18H,13-16,19-20H2,1H3,(H,31,34)/b30-18-. The zero-order valence-corrected chi connectivity index (χ0v) is 23.8. The molecule has 0 unspecified atom stereocenters. The number of halogens is 1. The van der Waals surface area contributed by atoms with Crippen molar-refractivity contribution < 1.29 is 32.2 Å². The first-order valence-corrected chi connectivity index (χ1v) is 14.4. The maximum atomic E-state index is 13.4. The van der Waals surface area contributed by atoms with E-state index in [1.54, 1.807) is 47.4 Å². The van der Waals surface area contributed by atoms with Gasteiger partial charge in [-0.25, -0.2) is 13.8 Å². The van der Waals surface area contributed by atoms with Crippen LogP contribution in [0.15, 0.2) is 82.8 Å². The summed E-state index contributed by atoms with van der Waals surface area (Å²) in [6, 6.07) is 19.0. The molecule has 1 saturated heterocycles.